The van der Waals surface area contributed by atoms with Crippen LogP contribution < -0.4 is 11.1 Å². The number of fused-ring (bicyclic) bond motifs is 1. The summed E-state index contributed by atoms with van der Waals surface area (Å²) in [5, 5.41) is 2.72. The Kier molecular flexibility index (Phi) is 5.23. The van der Waals surface area contributed by atoms with Crippen LogP contribution in [0.3, 0.4) is 0 Å². The smallest absolute Gasteiger partial charge is 0.248 e. The van der Waals surface area contributed by atoms with Crippen molar-refractivity contribution in [3.8, 4) is 22.4 Å². The van der Waals surface area contributed by atoms with Crippen LogP contribution in [0.5, 0.6) is 0 Å². The van der Waals surface area contributed by atoms with Crippen molar-refractivity contribution in [2.45, 2.75) is 11.8 Å². The number of primary amides is 1. The molecule has 0 radical (unpaired) electrons. The third-order valence-electron chi connectivity index (χ3n) is 4.81. The normalized spacial score (nSPS) is 11.4. The van der Waals surface area contributed by atoms with Crippen LogP contribution in [-0.4, -0.2) is 40.9 Å². The van der Waals surface area contributed by atoms with Gasteiger partial charge in [0.15, 0.2) is 15.7 Å². The van der Waals surface area contributed by atoms with E-state index in [9.17, 15) is 18.0 Å². The second-order valence-corrected chi connectivity index (χ2v) is 9.28. The highest BCUT2D eigenvalue weighted by atomic mass is 32.2. The molecule has 0 atom stereocenters. The SMILES string of the molecule is CC(=O)Nc1nc2ccc(-c3cncc(S(C)(=O)=O)c3)cn2c1-c1cccc(C(N)=O)c1. The highest BCUT2D eigenvalue weighted by Crippen LogP contribution is 2.32. The number of benzene rings is 1. The van der Waals surface area contributed by atoms with Gasteiger partial charge >= 0.3 is 0 Å². The van der Waals surface area contributed by atoms with E-state index in [2.05, 4.69) is 15.3 Å². The molecule has 3 heterocycles. The van der Waals surface area contributed by atoms with E-state index in [4.69, 9.17) is 5.73 Å². The predicted molar refractivity (Wildman–Crippen MR) is 120 cm³/mol. The van der Waals surface area contributed by atoms with Crippen molar-refractivity contribution in [1.29, 1.82) is 0 Å². The average molecular weight is 449 g/mol. The molecular formula is C22H19N5O4S. The van der Waals surface area contributed by atoms with Crippen LogP contribution >= 0.6 is 0 Å². The third-order valence-corrected chi connectivity index (χ3v) is 5.89. The van der Waals surface area contributed by atoms with E-state index in [-0.39, 0.29) is 10.8 Å². The van der Waals surface area contributed by atoms with Crippen LogP contribution in [0, 0.1) is 0 Å². The molecule has 0 aliphatic rings. The number of nitrogens with zero attached hydrogens (tertiary/aromatic N) is 3. The lowest BCUT2D eigenvalue weighted by atomic mass is 10.1. The first-order valence-electron chi connectivity index (χ1n) is 9.49. The van der Waals surface area contributed by atoms with E-state index < -0.39 is 15.7 Å². The van der Waals surface area contributed by atoms with Crippen molar-refractivity contribution >= 4 is 33.1 Å². The zero-order chi connectivity index (χ0) is 23.0. The number of aromatic nitrogens is 3. The van der Waals surface area contributed by atoms with E-state index >= 15 is 0 Å². The maximum Gasteiger partial charge on any atom is 0.248 e. The molecule has 0 aliphatic heterocycles. The van der Waals surface area contributed by atoms with Crippen LogP contribution in [0.25, 0.3) is 28.0 Å². The van der Waals surface area contributed by atoms with Crippen molar-refractivity contribution < 1.29 is 18.0 Å². The van der Waals surface area contributed by atoms with Gasteiger partial charge in [-0.3, -0.25) is 19.0 Å². The molecule has 9 nitrogen and oxygen atoms in total. The van der Waals surface area contributed by atoms with Gasteiger partial charge in [0.1, 0.15) is 5.65 Å². The summed E-state index contributed by atoms with van der Waals surface area (Å²) in [5.41, 5.74) is 8.75. The summed E-state index contributed by atoms with van der Waals surface area (Å²) in [4.78, 5) is 32.1. The summed E-state index contributed by atoms with van der Waals surface area (Å²) in [6.07, 6.45) is 5.75. The Morgan fingerprint density at radius 1 is 1.03 bits per heavy atom. The number of anilines is 1. The molecule has 32 heavy (non-hydrogen) atoms. The monoisotopic (exact) mass is 449 g/mol. The number of imidazole rings is 1. The lowest BCUT2D eigenvalue weighted by Gasteiger charge is -2.09. The van der Waals surface area contributed by atoms with E-state index in [1.165, 1.54) is 13.1 Å². The van der Waals surface area contributed by atoms with E-state index in [1.807, 2.05) is 0 Å². The van der Waals surface area contributed by atoms with Gasteiger partial charge in [0.05, 0.1) is 10.6 Å². The highest BCUT2D eigenvalue weighted by Gasteiger charge is 2.18. The minimum atomic E-state index is -3.42. The molecule has 4 aromatic rings. The molecular weight excluding hydrogens is 430 g/mol. The van der Waals surface area contributed by atoms with Crippen molar-refractivity contribution in [2.75, 3.05) is 11.6 Å². The Morgan fingerprint density at radius 2 is 1.81 bits per heavy atom. The van der Waals surface area contributed by atoms with Gasteiger partial charge in [0.2, 0.25) is 11.8 Å². The molecule has 1 aromatic carbocycles. The number of sulfone groups is 1. The van der Waals surface area contributed by atoms with Crippen molar-refractivity contribution in [1.82, 2.24) is 14.4 Å². The third kappa shape index (κ3) is 4.08. The molecule has 4 rings (SSSR count). The van der Waals surface area contributed by atoms with Crippen LogP contribution in [0.2, 0.25) is 0 Å². The van der Waals surface area contributed by atoms with Crippen LogP contribution in [0.1, 0.15) is 17.3 Å². The number of nitrogens with two attached hydrogens (primary N) is 1. The fourth-order valence-electron chi connectivity index (χ4n) is 3.34. The van der Waals surface area contributed by atoms with Crippen LogP contribution in [0.15, 0.2) is 66.0 Å². The van der Waals surface area contributed by atoms with Gasteiger partial charge < -0.3 is 11.1 Å². The second-order valence-electron chi connectivity index (χ2n) is 7.26. The van der Waals surface area contributed by atoms with E-state index in [0.717, 1.165) is 6.26 Å². The Morgan fingerprint density at radius 3 is 2.50 bits per heavy atom. The molecule has 162 valence electrons. The maximum atomic E-state index is 11.9. The summed E-state index contributed by atoms with van der Waals surface area (Å²) < 4.78 is 25.6. The molecule has 0 bridgehead atoms. The van der Waals surface area contributed by atoms with E-state index in [1.54, 1.807) is 59.3 Å². The summed E-state index contributed by atoms with van der Waals surface area (Å²) in [6.45, 7) is 1.38. The van der Waals surface area contributed by atoms with Gasteiger partial charge in [0, 0.05) is 54.0 Å². The second kappa shape index (κ2) is 7.89. The minimum Gasteiger partial charge on any atom is -0.366 e. The molecule has 0 unspecified atom stereocenters. The Balaban J connectivity index is 1.95. The summed E-state index contributed by atoms with van der Waals surface area (Å²) in [5.74, 6) is -0.559. The predicted octanol–water partition coefficient (Wildman–Crippen LogP) is 2.52. The molecule has 3 N–H and O–H groups in total. The number of amides is 2. The number of hydrogen-bond donors (Lipinski definition) is 2. The lowest BCUT2D eigenvalue weighted by Crippen LogP contribution is -2.11. The molecule has 0 fully saturated rings. The zero-order valence-electron chi connectivity index (χ0n) is 17.2. The molecule has 3 aromatic heterocycles. The standard InChI is InChI=1S/C22H19N5O4S/c1-13(28)25-22-20(14-4-3-5-15(8-14)21(23)29)27-12-16(6-7-19(27)26-22)17-9-18(11-24-10-17)32(2,30)31/h3-12H,1-2H3,(H2,23,29)(H,25,28). The Hall–Kier alpha value is -4.05. The van der Waals surface area contributed by atoms with Crippen LogP contribution in [0.4, 0.5) is 5.82 Å². The van der Waals surface area contributed by atoms with Crippen LogP contribution in [-0.2, 0) is 14.6 Å². The topological polar surface area (TPSA) is 137 Å². The highest BCUT2D eigenvalue weighted by molar-refractivity contribution is 7.90. The van der Waals surface area contributed by atoms with Crippen molar-refractivity contribution in [2.24, 2.45) is 5.73 Å². The molecule has 2 amide bonds. The molecule has 10 heteroatoms. The minimum absolute atomic E-state index is 0.106. The van der Waals surface area contributed by atoms with Gasteiger partial charge in [-0.1, -0.05) is 12.1 Å². The maximum absolute atomic E-state index is 11.9. The van der Waals surface area contributed by atoms with Gasteiger partial charge in [-0.25, -0.2) is 13.4 Å². The lowest BCUT2D eigenvalue weighted by molar-refractivity contribution is -0.114. The quantitative estimate of drug-likeness (QED) is 0.480. The van der Waals surface area contributed by atoms with Crippen molar-refractivity contribution in [3.05, 3.63) is 66.6 Å². The first-order valence-corrected chi connectivity index (χ1v) is 11.4. The average Bonchev–Trinajstić information content (AvgIpc) is 3.09. The zero-order valence-corrected chi connectivity index (χ0v) is 18.1. The fourth-order valence-corrected chi connectivity index (χ4v) is 3.94. The Labute approximate surface area is 183 Å². The molecule has 0 saturated heterocycles. The number of hydrogen-bond acceptors (Lipinski definition) is 6. The molecule has 0 spiro atoms. The van der Waals surface area contributed by atoms with Gasteiger partial charge in [0.25, 0.3) is 0 Å². The first-order chi connectivity index (χ1) is 15.1. The number of nitrogens with one attached hydrogen (secondary N) is 1. The number of rotatable bonds is 5. The van der Waals surface area contributed by atoms with E-state index in [0.29, 0.717) is 39.4 Å². The summed E-state index contributed by atoms with van der Waals surface area (Å²) in [6, 6.07) is 11.8. The number of carbonyl (C=O) groups excluding carboxylic acids is 2. The summed E-state index contributed by atoms with van der Waals surface area (Å²) >= 11 is 0. The van der Waals surface area contributed by atoms with Crippen molar-refractivity contribution in [3.63, 3.8) is 0 Å². The van der Waals surface area contributed by atoms with Gasteiger partial charge in [-0.2, -0.15) is 0 Å². The number of pyridine rings is 2. The van der Waals surface area contributed by atoms with Gasteiger partial charge in [-0.05, 0) is 30.3 Å². The fraction of sp³-hybridized carbons (Fsp3) is 0.0909. The molecule has 0 saturated carbocycles. The largest absolute Gasteiger partial charge is 0.366 e. The summed E-state index contributed by atoms with van der Waals surface area (Å²) in [7, 11) is -3.42. The number of carbonyl (C=O) groups is 2. The Bertz CT molecular complexity index is 1490. The molecule has 0 aliphatic carbocycles. The van der Waals surface area contributed by atoms with Gasteiger partial charge in [-0.15, -0.1) is 0 Å². The first kappa shape index (κ1) is 21.2.